The SMILES string of the molecule is Cc1ccc([C@@H](N)c2n[nH]c(CO)n2)cc1. The van der Waals surface area contributed by atoms with Crippen LogP contribution in [0.5, 0.6) is 0 Å². The Hall–Kier alpha value is -1.72. The predicted molar refractivity (Wildman–Crippen MR) is 59.5 cm³/mol. The molecule has 1 aromatic carbocycles. The van der Waals surface area contributed by atoms with Gasteiger partial charge in [0.1, 0.15) is 12.4 Å². The highest BCUT2D eigenvalue weighted by atomic mass is 16.3. The monoisotopic (exact) mass is 218 g/mol. The van der Waals surface area contributed by atoms with E-state index in [0.29, 0.717) is 11.6 Å². The highest BCUT2D eigenvalue weighted by Gasteiger charge is 2.13. The quantitative estimate of drug-likeness (QED) is 0.706. The van der Waals surface area contributed by atoms with Crippen LogP contribution in [0.25, 0.3) is 0 Å². The molecular weight excluding hydrogens is 204 g/mol. The van der Waals surface area contributed by atoms with Crippen LogP contribution >= 0.6 is 0 Å². The van der Waals surface area contributed by atoms with Crippen molar-refractivity contribution in [2.75, 3.05) is 0 Å². The first-order chi connectivity index (χ1) is 7.70. The summed E-state index contributed by atoms with van der Waals surface area (Å²) in [6, 6.07) is 7.53. The maximum atomic E-state index is 8.87. The summed E-state index contributed by atoms with van der Waals surface area (Å²) < 4.78 is 0. The van der Waals surface area contributed by atoms with Crippen molar-refractivity contribution in [1.29, 1.82) is 0 Å². The molecule has 0 saturated carbocycles. The Morgan fingerprint density at radius 3 is 2.62 bits per heavy atom. The van der Waals surface area contributed by atoms with Crippen LogP contribution < -0.4 is 5.73 Å². The molecule has 0 spiro atoms. The summed E-state index contributed by atoms with van der Waals surface area (Å²) in [4.78, 5) is 4.09. The summed E-state index contributed by atoms with van der Waals surface area (Å²) >= 11 is 0. The van der Waals surface area contributed by atoms with Gasteiger partial charge in [0.25, 0.3) is 0 Å². The third-order valence-electron chi connectivity index (χ3n) is 2.41. The van der Waals surface area contributed by atoms with E-state index < -0.39 is 0 Å². The number of aryl methyl sites for hydroxylation is 1. The van der Waals surface area contributed by atoms with Crippen molar-refractivity contribution in [1.82, 2.24) is 15.2 Å². The van der Waals surface area contributed by atoms with E-state index in [0.717, 1.165) is 5.56 Å². The standard InChI is InChI=1S/C11H14N4O/c1-7-2-4-8(5-3-7)10(12)11-13-9(6-16)14-15-11/h2-5,10,16H,6,12H2,1H3,(H,13,14,15)/t10-/m1/s1. The Morgan fingerprint density at radius 2 is 2.06 bits per heavy atom. The molecule has 0 aliphatic carbocycles. The largest absolute Gasteiger partial charge is 0.388 e. The molecule has 4 N–H and O–H groups in total. The molecule has 0 saturated heterocycles. The first-order valence-corrected chi connectivity index (χ1v) is 5.05. The summed E-state index contributed by atoms with van der Waals surface area (Å²) in [6.45, 7) is 1.86. The fourth-order valence-electron chi connectivity index (χ4n) is 1.44. The Labute approximate surface area is 93.3 Å². The van der Waals surface area contributed by atoms with E-state index in [9.17, 15) is 0 Å². The van der Waals surface area contributed by atoms with Gasteiger partial charge in [-0.3, -0.25) is 5.10 Å². The van der Waals surface area contributed by atoms with Crippen molar-refractivity contribution >= 4 is 0 Å². The second-order valence-corrected chi connectivity index (χ2v) is 3.69. The van der Waals surface area contributed by atoms with Gasteiger partial charge in [0.05, 0.1) is 6.04 Å². The van der Waals surface area contributed by atoms with E-state index >= 15 is 0 Å². The topological polar surface area (TPSA) is 87.8 Å². The molecule has 1 aromatic heterocycles. The first kappa shape index (κ1) is 10.8. The van der Waals surface area contributed by atoms with Gasteiger partial charge in [-0.25, -0.2) is 4.98 Å². The van der Waals surface area contributed by atoms with Crippen molar-refractivity contribution in [2.45, 2.75) is 19.6 Å². The summed E-state index contributed by atoms with van der Waals surface area (Å²) in [6.07, 6.45) is 0. The van der Waals surface area contributed by atoms with Crippen LogP contribution in [0.4, 0.5) is 0 Å². The van der Waals surface area contributed by atoms with Gasteiger partial charge in [-0.05, 0) is 12.5 Å². The van der Waals surface area contributed by atoms with Crippen LogP contribution in [0.1, 0.15) is 28.8 Å². The van der Waals surface area contributed by atoms with Crippen LogP contribution in [-0.2, 0) is 6.61 Å². The molecule has 1 atom stereocenters. The molecule has 84 valence electrons. The molecule has 2 rings (SSSR count). The molecule has 0 aliphatic heterocycles. The van der Waals surface area contributed by atoms with E-state index in [1.807, 2.05) is 31.2 Å². The van der Waals surface area contributed by atoms with Crippen molar-refractivity contribution in [3.63, 3.8) is 0 Å². The number of aliphatic hydroxyl groups is 1. The molecule has 0 bridgehead atoms. The maximum Gasteiger partial charge on any atom is 0.171 e. The van der Waals surface area contributed by atoms with Gasteiger partial charge in [0.2, 0.25) is 0 Å². The number of nitrogens with one attached hydrogen (secondary N) is 1. The number of aliphatic hydroxyl groups excluding tert-OH is 1. The van der Waals surface area contributed by atoms with Gasteiger partial charge in [0, 0.05) is 0 Å². The van der Waals surface area contributed by atoms with E-state index in [-0.39, 0.29) is 12.6 Å². The number of aromatic amines is 1. The van der Waals surface area contributed by atoms with Crippen LogP contribution in [0, 0.1) is 6.92 Å². The minimum Gasteiger partial charge on any atom is -0.388 e. The molecule has 0 amide bonds. The zero-order valence-corrected chi connectivity index (χ0v) is 9.01. The lowest BCUT2D eigenvalue weighted by atomic mass is 10.1. The van der Waals surface area contributed by atoms with Crippen LogP contribution in [0.3, 0.4) is 0 Å². The number of nitrogens with two attached hydrogens (primary N) is 1. The summed E-state index contributed by atoms with van der Waals surface area (Å²) in [5.74, 6) is 0.922. The number of aromatic nitrogens is 3. The lowest BCUT2D eigenvalue weighted by Gasteiger charge is -2.07. The van der Waals surface area contributed by atoms with Gasteiger partial charge in [-0.1, -0.05) is 29.8 Å². The van der Waals surface area contributed by atoms with Crippen LogP contribution in [0.2, 0.25) is 0 Å². The number of hydrogen-bond donors (Lipinski definition) is 3. The lowest BCUT2D eigenvalue weighted by Crippen LogP contribution is -2.13. The molecule has 0 aliphatic rings. The molecule has 0 unspecified atom stereocenters. The van der Waals surface area contributed by atoms with Crippen molar-refractivity contribution < 1.29 is 5.11 Å². The molecule has 1 heterocycles. The second-order valence-electron chi connectivity index (χ2n) is 3.69. The third kappa shape index (κ3) is 2.10. The molecule has 5 nitrogen and oxygen atoms in total. The molecule has 5 heteroatoms. The first-order valence-electron chi connectivity index (χ1n) is 5.05. The fraction of sp³-hybridized carbons (Fsp3) is 0.273. The average Bonchev–Trinajstić information content (AvgIpc) is 2.77. The molecule has 16 heavy (non-hydrogen) atoms. The highest BCUT2D eigenvalue weighted by molar-refractivity contribution is 5.27. The van der Waals surface area contributed by atoms with E-state index in [1.54, 1.807) is 0 Å². The Kier molecular flexibility index (Phi) is 2.98. The normalized spacial score (nSPS) is 12.7. The Bertz CT molecular complexity index is 463. The number of nitrogens with zero attached hydrogens (tertiary/aromatic N) is 2. The zero-order valence-electron chi connectivity index (χ0n) is 9.01. The van der Waals surface area contributed by atoms with Gasteiger partial charge in [-0.2, -0.15) is 5.10 Å². The van der Waals surface area contributed by atoms with Gasteiger partial charge in [0.15, 0.2) is 5.82 Å². The van der Waals surface area contributed by atoms with Crippen molar-refractivity contribution in [3.05, 3.63) is 47.0 Å². The Morgan fingerprint density at radius 1 is 1.38 bits per heavy atom. The third-order valence-corrected chi connectivity index (χ3v) is 2.41. The second kappa shape index (κ2) is 4.42. The van der Waals surface area contributed by atoms with E-state index in [2.05, 4.69) is 15.2 Å². The zero-order chi connectivity index (χ0) is 11.5. The van der Waals surface area contributed by atoms with Gasteiger partial charge >= 0.3 is 0 Å². The maximum absolute atomic E-state index is 8.87. The average molecular weight is 218 g/mol. The fourth-order valence-corrected chi connectivity index (χ4v) is 1.44. The summed E-state index contributed by atoms with van der Waals surface area (Å²) in [5, 5.41) is 15.5. The minimum atomic E-state index is -0.364. The van der Waals surface area contributed by atoms with E-state index in [4.69, 9.17) is 10.8 Å². The highest BCUT2D eigenvalue weighted by Crippen LogP contribution is 2.16. The van der Waals surface area contributed by atoms with Crippen LogP contribution in [-0.4, -0.2) is 20.3 Å². The molecule has 2 aromatic rings. The molecule has 0 fully saturated rings. The summed E-state index contributed by atoms with van der Waals surface area (Å²) in [5.41, 5.74) is 8.14. The Balaban J connectivity index is 2.24. The molecular formula is C11H14N4O. The summed E-state index contributed by atoms with van der Waals surface area (Å²) in [7, 11) is 0. The number of hydrogen-bond acceptors (Lipinski definition) is 4. The van der Waals surface area contributed by atoms with E-state index in [1.165, 1.54) is 5.56 Å². The smallest absolute Gasteiger partial charge is 0.171 e. The number of H-pyrrole nitrogens is 1. The molecule has 0 radical (unpaired) electrons. The minimum absolute atomic E-state index is 0.159. The van der Waals surface area contributed by atoms with Gasteiger partial charge < -0.3 is 10.8 Å². The predicted octanol–water partition coefficient (Wildman–Crippen LogP) is 0.654. The van der Waals surface area contributed by atoms with Crippen LogP contribution in [0.15, 0.2) is 24.3 Å². The number of rotatable bonds is 3. The van der Waals surface area contributed by atoms with Crippen molar-refractivity contribution in [3.8, 4) is 0 Å². The van der Waals surface area contributed by atoms with Gasteiger partial charge in [-0.15, -0.1) is 0 Å². The lowest BCUT2D eigenvalue weighted by molar-refractivity contribution is 0.271. The number of benzene rings is 1. The van der Waals surface area contributed by atoms with Crippen molar-refractivity contribution in [2.24, 2.45) is 5.73 Å².